The number of hydrazine groups is 1. The van der Waals surface area contributed by atoms with Gasteiger partial charge < -0.3 is 19.1 Å². The van der Waals surface area contributed by atoms with Crippen LogP contribution in [0.2, 0.25) is 0 Å². The molecule has 9 nitrogen and oxygen atoms in total. The Hall–Kier alpha value is -3.75. The maximum Gasteiger partial charge on any atom is 0.269 e. The molecule has 1 aliphatic rings. The number of para-hydroxylation sites is 1. The molecule has 1 saturated heterocycles. The Labute approximate surface area is 186 Å². The Morgan fingerprint density at radius 1 is 0.938 bits per heavy atom. The molecule has 1 heterocycles. The van der Waals surface area contributed by atoms with Gasteiger partial charge in [0.25, 0.3) is 11.8 Å². The number of carbonyl (C=O) groups is 3. The number of likely N-dealkylation sites (tertiary alicyclic amines) is 1. The first kappa shape index (κ1) is 22.9. The van der Waals surface area contributed by atoms with E-state index >= 15 is 0 Å². The second kappa shape index (κ2) is 11.0. The molecule has 0 saturated carbocycles. The van der Waals surface area contributed by atoms with Crippen LogP contribution in [0.5, 0.6) is 17.2 Å². The fourth-order valence-electron chi connectivity index (χ4n) is 3.41. The third kappa shape index (κ3) is 5.90. The molecule has 32 heavy (non-hydrogen) atoms. The maximum absolute atomic E-state index is 12.4. The highest BCUT2D eigenvalue weighted by molar-refractivity contribution is 5.96. The van der Waals surface area contributed by atoms with Crippen molar-refractivity contribution in [3.8, 4) is 17.2 Å². The number of benzene rings is 2. The zero-order valence-corrected chi connectivity index (χ0v) is 18.1. The van der Waals surface area contributed by atoms with Gasteiger partial charge in [-0.3, -0.25) is 25.2 Å². The quantitative estimate of drug-likeness (QED) is 0.635. The summed E-state index contributed by atoms with van der Waals surface area (Å²) in [5.74, 6) is 0.398. The SMILES string of the molecule is COc1ccc(C(=O)NNC(=O)C2CCN(C(=O)COc3ccccc3)CC2)cc1OC. The third-order valence-electron chi connectivity index (χ3n) is 5.27. The summed E-state index contributed by atoms with van der Waals surface area (Å²) in [7, 11) is 2.99. The van der Waals surface area contributed by atoms with Gasteiger partial charge in [-0.2, -0.15) is 0 Å². The van der Waals surface area contributed by atoms with Crippen molar-refractivity contribution in [2.24, 2.45) is 5.92 Å². The summed E-state index contributed by atoms with van der Waals surface area (Å²) < 4.78 is 15.8. The van der Waals surface area contributed by atoms with Crippen LogP contribution in [0.4, 0.5) is 0 Å². The average molecular weight is 441 g/mol. The lowest BCUT2D eigenvalue weighted by molar-refractivity contribution is -0.137. The van der Waals surface area contributed by atoms with Gasteiger partial charge in [-0.05, 0) is 43.2 Å². The van der Waals surface area contributed by atoms with Crippen LogP contribution in [0.25, 0.3) is 0 Å². The van der Waals surface area contributed by atoms with Gasteiger partial charge in [0.15, 0.2) is 18.1 Å². The van der Waals surface area contributed by atoms with Crippen molar-refractivity contribution in [1.82, 2.24) is 15.8 Å². The summed E-state index contributed by atoms with van der Waals surface area (Å²) in [6.45, 7) is 0.875. The minimum atomic E-state index is -0.468. The van der Waals surface area contributed by atoms with Crippen molar-refractivity contribution in [2.45, 2.75) is 12.8 Å². The van der Waals surface area contributed by atoms with Gasteiger partial charge in [-0.25, -0.2) is 0 Å². The van der Waals surface area contributed by atoms with Crippen molar-refractivity contribution in [3.05, 3.63) is 54.1 Å². The van der Waals surface area contributed by atoms with Crippen LogP contribution in [-0.4, -0.2) is 56.5 Å². The molecule has 0 bridgehead atoms. The zero-order valence-electron chi connectivity index (χ0n) is 18.1. The van der Waals surface area contributed by atoms with E-state index in [1.54, 1.807) is 29.2 Å². The van der Waals surface area contributed by atoms with Gasteiger partial charge in [-0.15, -0.1) is 0 Å². The molecule has 0 spiro atoms. The average Bonchev–Trinajstić information content (AvgIpc) is 2.85. The number of rotatable bonds is 7. The summed E-state index contributed by atoms with van der Waals surface area (Å²) >= 11 is 0. The maximum atomic E-state index is 12.4. The van der Waals surface area contributed by atoms with E-state index in [-0.39, 0.29) is 24.3 Å². The molecule has 2 N–H and O–H groups in total. The van der Waals surface area contributed by atoms with E-state index < -0.39 is 5.91 Å². The van der Waals surface area contributed by atoms with Crippen molar-refractivity contribution < 1.29 is 28.6 Å². The number of nitrogens with one attached hydrogen (secondary N) is 2. The van der Waals surface area contributed by atoms with E-state index in [9.17, 15) is 14.4 Å². The molecule has 0 unspecified atom stereocenters. The molecule has 3 amide bonds. The highest BCUT2D eigenvalue weighted by Gasteiger charge is 2.27. The molecule has 0 aliphatic carbocycles. The Balaban J connectivity index is 1.42. The van der Waals surface area contributed by atoms with Crippen molar-refractivity contribution in [1.29, 1.82) is 0 Å². The predicted octanol–water partition coefficient (Wildman–Crippen LogP) is 1.78. The Bertz CT molecular complexity index is 942. The van der Waals surface area contributed by atoms with Crippen LogP contribution in [0, 0.1) is 5.92 Å². The van der Waals surface area contributed by atoms with E-state index in [1.165, 1.54) is 20.3 Å². The Morgan fingerprint density at radius 3 is 2.28 bits per heavy atom. The fourth-order valence-corrected chi connectivity index (χ4v) is 3.41. The highest BCUT2D eigenvalue weighted by atomic mass is 16.5. The molecule has 9 heteroatoms. The summed E-state index contributed by atoms with van der Waals surface area (Å²) in [5.41, 5.74) is 5.21. The van der Waals surface area contributed by atoms with E-state index in [4.69, 9.17) is 14.2 Å². The summed E-state index contributed by atoms with van der Waals surface area (Å²) in [5, 5.41) is 0. The molecule has 0 atom stereocenters. The molecular weight excluding hydrogens is 414 g/mol. The Kier molecular flexibility index (Phi) is 7.91. The standard InChI is InChI=1S/C23H27N3O6/c1-30-19-9-8-17(14-20(19)31-2)23(29)25-24-22(28)16-10-12-26(13-11-16)21(27)15-32-18-6-4-3-5-7-18/h3-9,14,16H,10-13,15H2,1-2H3,(H,24,28)(H,25,29). The molecule has 0 radical (unpaired) electrons. The lowest BCUT2D eigenvalue weighted by Gasteiger charge is -2.31. The van der Waals surface area contributed by atoms with Crippen LogP contribution in [0.3, 0.4) is 0 Å². The number of hydrogen-bond donors (Lipinski definition) is 2. The number of carbonyl (C=O) groups excluding carboxylic acids is 3. The first-order valence-electron chi connectivity index (χ1n) is 10.3. The van der Waals surface area contributed by atoms with E-state index in [0.29, 0.717) is 48.7 Å². The van der Waals surface area contributed by atoms with Gasteiger partial charge in [-0.1, -0.05) is 18.2 Å². The van der Waals surface area contributed by atoms with Crippen molar-refractivity contribution in [3.63, 3.8) is 0 Å². The molecule has 2 aromatic rings. The minimum Gasteiger partial charge on any atom is -0.493 e. The molecular formula is C23H27N3O6. The van der Waals surface area contributed by atoms with E-state index in [1.807, 2.05) is 18.2 Å². The zero-order chi connectivity index (χ0) is 22.9. The summed E-state index contributed by atoms with van der Waals surface area (Å²) in [6.07, 6.45) is 1.02. The molecule has 170 valence electrons. The minimum absolute atomic E-state index is 0.0394. The van der Waals surface area contributed by atoms with Gasteiger partial charge in [0.1, 0.15) is 5.75 Å². The topological polar surface area (TPSA) is 106 Å². The number of ether oxygens (including phenoxy) is 3. The first-order chi connectivity index (χ1) is 15.5. The predicted molar refractivity (Wildman–Crippen MR) is 116 cm³/mol. The van der Waals surface area contributed by atoms with Crippen LogP contribution in [0.1, 0.15) is 23.2 Å². The van der Waals surface area contributed by atoms with E-state index in [2.05, 4.69) is 10.9 Å². The van der Waals surface area contributed by atoms with Gasteiger partial charge in [0.2, 0.25) is 5.91 Å². The highest BCUT2D eigenvalue weighted by Crippen LogP contribution is 2.27. The Morgan fingerprint density at radius 2 is 1.62 bits per heavy atom. The van der Waals surface area contributed by atoms with Crippen molar-refractivity contribution in [2.75, 3.05) is 33.9 Å². The normalized spacial score (nSPS) is 13.8. The summed E-state index contributed by atoms with van der Waals surface area (Å²) in [6, 6.07) is 13.9. The molecule has 0 aromatic heterocycles. The van der Waals surface area contributed by atoms with Gasteiger partial charge >= 0.3 is 0 Å². The lowest BCUT2D eigenvalue weighted by atomic mass is 9.96. The smallest absolute Gasteiger partial charge is 0.269 e. The largest absolute Gasteiger partial charge is 0.493 e. The summed E-state index contributed by atoms with van der Waals surface area (Å²) in [4.78, 5) is 38.8. The second-order valence-electron chi connectivity index (χ2n) is 7.27. The monoisotopic (exact) mass is 441 g/mol. The molecule has 1 aliphatic heterocycles. The van der Waals surface area contributed by atoms with Crippen molar-refractivity contribution >= 4 is 17.7 Å². The third-order valence-corrected chi connectivity index (χ3v) is 5.27. The second-order valence-corrected chi connectivity index (χ2v) is 7.27. The first-order valence-corrected chi connectivity index (χ1v) is 10.3. The number of nitrogens with zero attached hydrogens (tertiary/aromatic N) is 1. The molecule has 3 rings (SSSR count). The van der Waals surface area contributed by atoms with Crippen LogP contribution >= 0.6 is 0 Å². The number of piperidine rings is 1. The fraction of sp³-hybridized carbons (Fsp3) is 0.348. The van der Waals surface area contributed by atoms with Gasteiger partial charge in [0, 0.05) is 24.6 Å². The molecule has 1 fully saturated rings. The van der Waals surface area contributed by atoms with Crippen LogP contribution in [0.15, 0.2) is 48.5 Å². The lowest BCUT2D eigenvalue weighted by Crippen LogP contribution is -2.48. The number of hydrogen-bond acceptors (Lipinski definition) is 6. The molecule has 2 aromatic carbocycles. The number of amides is 3. The van der Waals surface area contributed by atoms with Gasteiger partial charge in [0.05, 0.1) is 14.2 Å². The van der Waals surface area contributed by atoms with Crippen LogP contribution < -0.4 is 25.1 Å². The van der Waals surface area contributed by atoms with E-state index in [0.717, 1.165) is 0 Å². The van der Waals surface area contributed by atoms with Crippen LogP contribution in [-0.2, 0) is 9.59 Å². The number of methoxy groups -OCH3 is 2.